The molecule has 0 aromatic carbocycles. The van der Waals surface area contributed by atoms with E-state index in [9.17, 15) is 0 Å². The van der Waals surface area contributed by atoms with Crippen LogP contribution >= 0.6 is 0 Å². The Labute approximate surface area is 127 Å². The second kappa shape index (κ2) is 5.46. The van der Waals surface area contributed by atoms with Crippen LogP contribution in [0, 0.1) is 6.92 Å². The molecule has 0 spiro atoms. The zero-order valence-electron chi connectivity index (χ0n) is 12.4. The molecule has 4 heterocycles. The average Bonchev–Trinajstić information content (AvgIpc) is 3.26. The third-order valence-electron chi connectivity index (χ3n) is 3.97. The van der Waals surface area contributed by atoms with Crippen molar-refractivity contribution in [3.63, 3.8) is 0 Å². The van der Waals surface area contributed by atoms with Gasteiger partial charge in [-0.05, 0) is 44.2 Å². The van der Waals surface area contributed by atoms with Gasteiger partial charge in [-0.2, -0.15) is 0 Å². The zero-order valence-corrected chi connectivity index (χ0v) is 12.4. The minimum Gasteiger partial charge on any atom is -0.465 e. The third-order valence-corrected chi connectivity index (χ3v) is 3.97. The van der Waals surface area contributed by atoms with Crippen LogP contribution in [-0.4, -0.2) is 28.2 Å². The molecular formula is C16H17N3O3. The summed E-state index contributed by atoms with van der Waals surface area (Å²) in [6.45, 7) is 4.69. The number of aromatic nitrogens is 2. The highest BCUT2D eigenvalue weighted by Gasteiger charge is 2.29. The second-order valence-corrected chi connectivity index (χ2v) is 5.66. The molecule has 6 heteroatoms. The molecule has 114 valence electrons. The van der Waals surface area contributed by atoms with Crippen molar-refractivity contribution < 1.29 is 13.3 Å². The molecule has 4 rings (SSSR count). The molecule has 1 fully saturated rings. The van der Waals surface area contributed by atoms with Crippen LogP contribution in [0.5, 0.6) is 0 Å². The first-order chi connectivity index (χ1) is 10.8. The van der Waals surface area contributed by atoms with Crippen LogP contribution < -0.4 is 0 Å². The fraction of sp³-hybridized carbons (Fsp3) is 0.375. The summed E-state index contributed by atoms with van der Waals surface area (Å²) in [5.74, 6) is 3.96. The van der Waals surface area contributed by atoms with Gasteiger partial charge in [0, 0.05) is 6.54 Å². The van der Waals surface area contributed by atoms with E-state index in [4.69, 9.17) is 13.3 Å². The summed E-state index contributed by atoms with van der Waals surface area (Å²) in [4.78, 5) is 2.35. The normalized spacial score (nSPS) is 19.0. The Morgan fingerprint density at radius 3 is 2.95 bits per heavy atom. The molecule has 3 aromatic heterocycles. The molecule has 0 saturated carbocycles. The summed E-state index contributed by atoms with van der Waals surface area (Å²) < 4.78 is 16.7. The quantitative estimate of drug-likeness (QED) is 0.736. The summed E-state index contributed by atoms with van der Waals surface area (Å²) >= 11 is 0. The van der Waals surface area contributed by atoms with Crippen LogP contribution in [0.1, 0.15) is 29.7 Å². The number of hydrogen-bond donors (Lipinski definition) is 0. The van der Waals surface area contributed by atoms with Crippen molar-refractivity contribution in [2.45, 2.75) is 25.8 Å². The number of furan rings is 2. The van der Waals surface area contributed by atoms with Crippen LogP contribution in [0.15, 0.2) is 43.8 Å². The maximum atomic E-state index is 5.75. The number of rotatable bonds is 4. The lowest BCUT2D eigenvalue weighted by Gasteiger charge is -2.12. The van der Waals surface area contributed by atoms with Crippen LogP contribution in [0.3, 0.4) is 0 Å². The standard InChI is InChI=1S/C16H17N3O3/c1-11-4-5-13(21-11)10-19-7-6-12(9-19)15-17-18-16(22-15)14-3-2-8-20-14/h2-5,8,12H,6-7,9-10H2,1H3. The van der Waals surface area contributed by atoms with E-state index in [0.717, 1.165) is 37.6 Å². The van der Waals surface area contributed by atoms with Gasteiger partial charge in [0.1, 0.15) is 11.5 Å². The summed E-state index contributed by atoms with van der Waals surface area (Å²) in [6.07, 6.45) is 2.61. The van der Waals surface area contributed by atoms with Crippen molar-refractivity contribution in [2.24, 2.45) is 0 Å². The molecule has 6 nitrogen and oxygen atoms in total. The smallest absolute Gasteiger partial charge is 0.283 e. The van der Waals surface area contributed by atoms with E-state index in [1.54, 1.807) is 6.26 Å². The van der Waals surface area contributed by atoms with Gasteiger partial charge in [-0.1, -0.05) is 0 Å². The van der Waals surface area contributed by atoms with Gasteiger partial charge >= 0.3 is 0 Å². The van der Waals surface area contributed by atoms with Crippen molar-refractivity contribution in [1.29, 1.82) is 0 Å². The first-order valence-corrected chi connectivity index (χ1v) is 7.43. The Kier molecular flexibility index (Phi) is 3.31. The van der Waals surface area contributed by atoms with Crippen LogP contribution in [0.25, 0.3) is 11.7 Å². The van der Waals surface area contributed by atoms with E-state index in [0.29, 0.717) is 17.5 Å². The van der Waals surface area contributed by atoms with Crippen LogP contribution in [0.2, 0.25) is 0 Å². The molecular weight excluding hydrogens is 282 g/mol. The average molecular weight is 299 g/mol. The van der Waals surface area contributed by atoms with E-state index in [1.807, 2.05) is 31.2 Å². The first-order valence-electron chi connectivity index (χ1n) is 7.43. The van der Waals surface area contributed by atoms with Gasteiger partial charge in [0.2, 0.25) is 5.89 Å². The molecule has 1 unspecified atom stereocenters. The van der Waals surface area contributed by atoms with Crippen LogP contribution in [-0.2, 0) is 6.54 Å². The number of likely N-dealkylation sites (tertiary alicyclic amines) is 1. The van der Waals surface area contributed by atoms with Gasteiger partial charge < -0.3 is 13.3 Å². The maximum Gasteiger partial charge on any atom is 0.283 e. The Morgan fingerprint density at radius 1 is 1.23 bits per heavy atom. The van der Waals surface area contributed by atoms with E-state index in [2.05, 4.69) is 15.1 Å². The Balaban J connectivity index is 1.42. The second-order valence-electron chi connectivity index (χ2n) is 5.66. The topological polar surface area (TPSA) is 68.4 Å². The predicted molar refractivity (Wildman–Crippen MR) is 78.1 cm³/mol. The summed E-state index contributed by atoms with van der Waals surface area (Å²) in [5.41, 5.74) is 0. The molecule has 1 saturated heterocycles. The number of hydrogen-bond acceptors (Lipinski definition) is 6. The molecule has 0 aliphatic carbocycles. The molecule has 1 atom stereocenters. The molecule has 22 heavy (non-hydrogen) atoms. The van der Waals surface area contributed by atoms with E-state index >= 15 is 0 Å². The molecule has 3 aromatic rings. The van der Waals surface area contributed by atoms with E-state index < -0.39 is 0 Å². The largest absolute Gasteiger partial charge is 0.465 e. The SMILES string of the molecule is Cc1ccc(CN2CCC(c3nnc(-c4ccco4)o3)C2)o1. The van der Waals surface area contributed by atoms with Crippen molar-refractivity contribution in [2.75, 3.05) is 13.1 Å². The maximum absolute atomic E-state index is 5.75. The van der Waals surface area contributed by atoms with Crippen molar-refractivity contribution in [1.82, 2.24) is 15.1 Å². The fourth-order valence-electron chi connectivity index (χ4n) is 2.87. The van der Waals surface area contributed by atoms with Crippen molar-refractivity contribution in [3.8, 4) is 11.7 Å². The lowest BCUT2D eigenvalue weighted by Crippen LogP contribution is -2.19. The monoisotopic (exact) mass is 299 g/mol. The lowest BCUT2D eigenvalue weighted by atomic mass is 10.1. The fourth-order valence-corrected chi connectivity index (χ4v) is 2.87. The molecule has 0 bridgehead atoms. The summed E-state index contributed by atoms with van der Waals surface area (Å²) in [5, 5.41) is 8.24. The molecule has 1 aliphatic heterocycles. The zero-order chi connectivity index (χ0) is 14.9. The van der Waals surface area contributed by atoms with Gasteiger partial charge in [0.05, 0.1) is 18.7 Å². The molecule has 1 aliphatic rings. The highest BCUT2D eigenvalue weighted by Crippen LogP contribution is 2.29. The van der Waals surface area contributed by atoms with Crippen molar-refractivity contribution in [3.05, 3.63) is 47.9 Å². The first kappa shape index (κ1) is 13.3. The molecule has 0 radical (unpaired) electrons. The Hall–Kier alpha value is -2.34. The van der Waals surface area contributed by atoms with E-state index in [-0.39, 0.29) is 5.92 Å². The van der Waals surface area contributed by atoms with Gasteiger partial charge in [-0.3, -0.25) is 4.90 Å². The Bertz CT molecular complexity index is 744. The minimum absolute atomic E-state index is 0.271. The molecule has 0 N–H and O–H groups in total. The highest BCUT2D eigenvalue weighted by molar-refractivity contribution is 5.42. The third kappa shape index (κ3) is 2.57. The highest BCUT2D eigenvalue weighted by atomic mass is 16.4. The number of aryl methyl sites for hydroxylation is 1. The van der Waals surface area contributed by atoms with Gasteiger partial charge in [0.25, 0.3) is 5.89 Å². The minimum atomic E-state index is 0.271. The summed E-state index contributed by atoms with van der Waals surface area (Å²) in [7, 11) is 0. The van der Waals surface area contributed by atoms with Crippen LogP contribution in [0.4, 0.5) is 0 Å². The van der Waals surface area contributed by atoms with Gasteiger partial charge in [-0.25, -0.2) is 0 Å². The molecule has 0 amide bonds. The van der Waals surface area contributed by atoms with Crippen molar-refractivity contribution >= 4 is 0 Å². The lowest BCUT2D eigenvalue weighted by molar-refractivity contribution is 0.287. The predicted octanol–water partition coefficient (Wildman–Crippen LogP) is 3.22. The summed E-state index contributed by atoms with van der Waals surface area (Å²) in [6, 6.07) is 7.65. The number of nitrogens with zero attached hydrogens (tertiary/aromatic N) is 3. The Morgan fingerprint density at radius 2 is 2.18 bits per heavy atom. The van der Waals surface area contributed by atoms with Gasteiger partial charge in [-0.15, -0.1) is 10.2 Å². The van der Waals surface area contributed by atoms with Gasteiger partial charge in [0.15, 0.2) is 5.76 Å². The van der Waals surface area contributed by atoms with E-state index in [1.165, 1.54) is 0 Å².